The van der Waals surface area contributed by atoms with E-state index in [9.17, 15) is 0 Å². The third-order valence-corrected chi connectivity index (χ3v) is 3.92. The van der Waals surface area contributed by atoms with Crippen molar-refractivity contribution in [2.45, 2.75) is 39.3 Å². The minimum atomic E-state index is 0. The van der Waals surface area contributed by atoms with Gasteiger partial charge in [-0.25, -0.2) is 9.98 Å². The summed E-state index contributed by atoms with van der Waals surface area (Å²) in [6.45, 7) is 8.30. The minimum Gasteiger partial charge on any atom is -0.481 e. The first-order valence-corrected chi connectivity index (χ1v) is 8.41. The lowest BCUT2D eigenvalue weighted by atomic mass is 10.1. The fourth-order valence-corrected chi connectivity index (χ4v) is 2.78. The molecule has 0 bridgehead atoms. The monoisotopic (exact) mass is 448 g/mol. The summed E-state index contributed by atoms with van der Waals surface area (Å²) in [4.78, 5) is 11.3. The number of piperidine rings is 1. The predicted molar refractivity (Wildman–Crippen MR) is 107 cm³/mol. The van der Waals surface area contributed by atoms with Crippen molar-refractivity contribution in [3.05, 3.63) is 23.9 Å². The Morgan fingerprint density at radius 3 is 2.75 bits per heavy atom. The highest BCUT2D eigenvalue weighted by molar-refractivity contribution is 14.0. The van der Waals surface area contributed by atoms with E-state index in [2.05, 4.69) is 29.0 Å². The molecule has 0 aromatic carbocycles. The Morgan fingerprint density at radius 1 is 1.38 bits per heavy atom. The Balaban J connectivity index is 0.00000288. The maximum absolute atomic E-state index is 5.72. The zero-order valence-electron chi connectivity index (χ0n) is 14.8. The molecule has 6 nitrogen and oxygen atoms in total. The van der Waals surface area contributed by atoms with Crippen LogP contribution >= 0.6 is 24.0 Å². The highest BCUT2D eigenvalue weighted by Crippen LogP contribution is 2.16. The van der Waals surface area contributed by atoms with Crippen molar-refractivity contribution >= 4 is 29.9 Å². The van der Waals surface area contributed by atoms with E-state index in [1.807, 2.05) is 12.1 Å². The van der Waals surface area contributed by atoms with E-state index >= 15 is 0 Å². The highest BCUT2D eigenvalue weighted by Gasteiger charge is 2.21. The number of aromatic nitrogens is 1. The summed E-state index contributed by atoms with van der Waals surface area (Å²) in [5.74, 6) is 1.59. The number of ether oxygens (including phenoxy) is 2. The number of halogens is 1. The van der Waals surface area contributed by atoms with Crippen LogP contribution in [-0.4, -0.2) is 55.3 Å². The van der Waals surface area contributed by atoms with Crippen molar-refractivity contribution in [2.75, 3.05) is 33.4 Å². The summed E-state index contributed by atoms with van der Waals surface area (Å²) in [7, 11) is 1.64. The largest absolute Gasteiger partial charge is 0.481 e. The molecule has 1 aliphatic heterocycles. The Labute approximate surface area is 162 Å². The SMILES string of the molecule is CCNC(=NCc1cccnc1OC)N1CCC(OCC)CC1.I. The van der Waals surface area contributed by atoms with Crippen LogP contribution in [0.2, 0.25) is 0 Å². The Bertz CT molecular complexity index is 505. The van der Waals surface area contributed by atoms with Crippen LogP contribution in [0.15, 0.2) is 23.3 Å². The van der Waals surface area contributed by atoms with Crippen molar-refractivity contribution in [1.82, 2.24) is 15.2 Å². The molecule has 1 N–H and O–H groups in total. The van der Waals surface area contributed by atoms with Gasteiger partial charge in [0, 0.05) is 38.0 Å². The third-order valence-electron chi connectivity index (χ3n) is 3.92. The van der Waals surface area contributed by atoms with Gasteiger partial charge in [-0.1, -0.05) is 6.07 Å². The highest BCUT2D eigenvalue weighted by atomic mass is 127. The summed E-state index contributed by atoms with van der Waals surface area (Å²) < 4.78 is 11.0. The minimum absolute atomic E-state index is 0. The molecule has 1 aliphatic rings. The number of rotatable bonds is 6. The van der Waals surface area contributed by atoms with E-state index in [0.29, 0.717) is 18.5 Å². The first-order valence-electron chi connectivity index (χ1n) is 8.41. The maximum atomic E-state index is 5.72. The summed E-state index contributed by atoms with van der Waals surface area (Å²) in [6, 6.07) is 3.91. The predicted octanol–water partition coefficient (Wildman–Crippen LogP) is 2.67. The standard InChI is InChI=1S/C17H28N4O2.HI/c1-4-18-17(21-11-8-15(9-12-21)23-5-2)20-13-14-7-6-10-19-16(14)22-3;/h6-7,10,15H,4-5,8-9,11-13H2,1-3H3,(H,18,20);1H. The van der Waals surface area contributed by atoms with Gasteiger partial charge in [0.2, 0.25) is 5.88 Å². The molecule has 2 heterocycles. The normalized spacial score (nSPS) is 15.8. The fraction of sp³-hybridized carbons (Fsp3) is 0.647. The lowest BCUT2D eigenvalue weighted by Crippen LogP contribution is -2.47. The maximum Gasteiger partial charge on any atom is 0.218 e. The van der Waals surface area contributed by atoms with Gasteiger partial charge < -0.3 is 19.7 Å². The molecule has 0 amide bonds. The van der Waals surface area contributed by atoms with Crippen molar-refractivity contribution in [2.24, 2.45) is 4.99 Å². The van der Waals surface area contributed by atoms with Gasteiger partial charge in [0.1, 0.15) is 0 Å². The lowest BCUT2D eigenvalue weighted by Gasteiger charge is -2.34. The van der Waals surface area contributed by atoms with Crippen molar-refractivity contribution in [1.29, 1.82) is 0 Å². The van der Waals surface area contributed by atoms with Gasteiger partial charge >= 0.3 is 0 Å². The molecule has 0 spiro atoms. The van der Waals surface area contributed by atoms with Crippen LogP contribution in [0.25, 0.3) is 0 Å². The van der Waals surface area contributed by atoms with Crippen LogP contribution in [-0.2, 0) is 11.3 Å². The van der Waals surface area contributed by atoms with Crippen LogP contribution in [0.1, 0.15) is 32.3 Å². The lowest BCUT2D eigenvalue weighted by molar-refractivity contribution is 0.0263. The average Bonchev–Trinajstić information content (AvgIpc) is 2.60. The second kappa shape index (κ2) is 11.5. The van der Waals surface area contributed by atoms with Gasteiger partial charge in [0.15, 0.2) is 5.96 Å². The van der Waals surface area contributed by atoms with Gasteiger partial charge in [-0.2, -0.15) is 0 Å². The molecule has 136 valence electrons. The topological polar surface area (TPSA) is 59.0 Å². The summed E-state index contributed by atoms with van der Waals surface area (Å²) in [6.07, 6.45) is 4.22. The second-order valence-electron chi connectivity index (χ2n) is 5.48. The third kappa shape index (κ3) is 6.08. The van der Waals surface area contributed by atoms with E-state index < -0.39 is 0 Å². The van der Waals surface area contributed by atoms with E-state index in [1.54, 1.807) is 13.3 Å². The number of hydrogen-bond acceptors (Lipinski definition) is 4. The molecule has 1 aromatic heterocycles. The van der Waals surface area contributed by atoms with E-state index in [-0.39, 0.29) is 24.0 Å². The summed E-state index contributed by atoms with van der Waals surface area (Å²) in [5.41, 5.74) is 0.995. The molecule has 7 heteroatoms. The zero-order chi connectivity index (χ0) is 16.5. The van der Waals surface area contributed by atoms with Gasteiger partial charge in [-0.05, 0) is 32.8 Å². The second-order valence-corrected chi connectivity index (χ2v) is 5.48. The Hall–Kier alpha value is -1.09. The number of guanidine groups is 1. The molecule has 0 unspecified atom stereocenters. The van der Waals surface area contributed by atoms with Crippen LogP contribution in [0, 0.1) is 0 Å². The molecular weight excluding hydrogens is 419 g/mol. The fourth-order valence-electron chi connectivity index (χ4n) is 2.78. The average molecular weight is 448 g/mol. The first-order chi connectivity index (χ1) is 11.3. The number of hydrogen-bond donors (Lipinski definition) is 1. The van der Waals surface area contributed by atoms with Crippen LogP contribution in [0.3, 0.4) is 0 Å². The molecule has 0 saturated carbocycles. The van der Waals surface area contributed by atoms with Crippen molar-refractivity contribution < 1.29 is 9.47 Å². The molecule has 24 heavy (non-hydrogen) atoms. The molecule has 1 saturated heterocycles. The molecule has 1 fully saturated rings. The van der Waals surface area contributed by atoms with E-state index in [0.717, 1.165) is 50.6 Å². The smallest absolute Gasteiger partial charge is 0.218 e. The molecule has 0 atom stereocenters. The van der Waals surface area contributed by atoms with Gasteiger partial charge in [0.25, 0.3) is 0 Å². The van der Waals surface area contributed by atoms with Gasteiger partial charge in [0.05, 0.1) is 19.8 Å². The van der Waals surface area contributed by atoms with Crippen molar-refractivity contribution in [3.8, 4) is 5.88 Å². The quantitative estimate of drug-likeness (QED) is 0.412. The number of pyridine rings is 1. The van der Waals surface area contributed by atoms with Crippen LogP contribution in [0.5, 0.6) is 5.88 Å². The zero-order valence-corrected chi connectivity index (χ0v) is 17.2. The van der Waals surface area contributed by atoms with Crippen LogP contribution in [0.4, 0.5) is 0 Å². The number of aliphatic imine (C=N–C) groups is 1. The van der Waals surface area contributed by atoms with Gasteiger partial charge in [-0.15, -0.1) is 24.0 Å². The Morgan fingerprint density at radius 2 is 2.12 bits per heavy atom. The number of nitrogens with one attached hydrogen (secondary N) is 1. The van der Waals surface area contributed by atoms with Gasteiger partial charge in [-0.3, -0.25) is 0 Å². The summed E-state index contributed by atoms with van der Waals surface area (Å²) >= 11 is 0. The number of nitrogens with zero attached hydrogens (tertiary/aromatic N) is 3. The summed E-state index contributed by atoms with van der Waals surface area (Å²) in [5, 5.41) is 3.38. The van der Waals surface area contributed by atoms with E-state index in [1.165, 1.54) is 0 Å². The molecule has 0 radical (unpaired) electrons. The number of likely N-dealkylation sites (tertiary alicyclic amines) is 1. The molecular formula is C17H29IN4O2. The van der Waals surface area contributed by atoms with E-state index in [4.69, 9.17) is 14.5 Å². The molecule has 0 aliphatic carbocycles. The Kier molecular flexibility index (Phi) is 10.0. The first kappa shape index (κ1) is 21.0. The molecule has 1 aromatic rings. The van der Waals surface area contributed by atoms with Crippen LogP contribution < -0.4 is 10.1 Å². The van der Waals surface area contributed by atoms with Crippen molar-refractivity contribution in [3.63, 3.8) is 0 Å². The number of methoxy groups -OCH3 is 1. The molecule has 2 rings (SSSR count).